The average Bonchev–Trinajstić information content (AvgIpc) is 2.95. The Hall–Kier alpha value is -2.92. The second-order valence-electron chi connectivity index (χ2n) is 7.49. The van der Waals surface area contributed by atoms with E-state index in [2.05, 4.69) is 0 Å². The van der Waals surface area contributed by atoms with Gasteiger partial charge in [-0.25, -0.2) is 0 Å². The molecule has 0 unspecified atom stereocenters. The molecular weight excluding hydrogens is 366 g/mol. The number of carbonyl (C=O) groups is 2. The van der Waals surface area contributed by atoms with E-state index in [1.807, 2.05) is 66.7 Å². The lowest BCUT2D eigenvalue weighted by Crippen LogP contribution is -2.48. The van der Waals surface area contributed by atoms with Crippen molar-refractivity contribution in [1.29, 1.82) is 0 Å². The maximum Gasteiger partial charge on any atom is 0.307 e. The number of rotatable bonds is 5. The number of fused-ring (bicyclic) bond motifs is 2. The van der Waals surface area contributed by atoms with Gasteiger partial charge in [-0.1, -0.05) is 60.7 Å². The Labute approximate surface area is 170 Å². The zero-order chi connectivity index (χ0) is 20.3. The molecule has 0 saturated carbocycles. The summed E-state index contributed by atoms with van der Waals surface area (Å²) in [6.07, 6.45) is 5.46. The highest BCUT2D eigenvalue weighted by Crippen LogP contribution is 2.49. The van der Waals surface area contributed by atoms with Gasteiger partial charge in [-0.15, -0.1) is 0 Å². The Morgan fingerprint density at radius 2 is 1.86 bits per heavy atom. The van der Waals surface area contributed by atoms with E-state index >= 15 is 0 Å². The number of para-hydroxylation sites is 1. The van der Waals surface area contributed by atoms with Crippen molar-refractivity contribution in [3.63, 3.8) is 0 Å². The lowest BCUT2D eigenvalue weighted by molar-refractivity contribution is -0.173. The molecule has 2 aromatic carbocycles. The molecule has 0 fully saturated rings. The van der Waals surface area contributed by atoms with Crippen LogP contribution in [0.3, 0.4) is 0 Å². The third-order valence-electron chi connectivity index (χ3n) is 5.65. The van der Waals surface area contributed by atoms with E-state index in [0.717, 1.165) is 16.8 Å². The summed E-state index contributed by atoms with van der Waals surface area (Å²) < 4.78 is 11.8. The quantitative estimate of drug-likeness (QED) is 0.440. The maximum atomic E-state index is 13.4. The molecule has 5 heteroatoms. The van der Waals surface area contributed by atoms with Crippen molar-refractivity contribution in [2.24, 2.45) is 5.92 Å². The van der Waals surface area contributed by atoms with Gasteiger partial charge in [0.1, 0.15) is 0 Å². The van der Waals surface area contributed by atoms with Crippen LogP contribution in [0.5, 0.6) is 0 Å². The van der Waals surface area contributed by atoms with E-state index in [0.29, 0.717) is 26.1 Å². The maximum absolute atomic E-state index is 13.4. The molecule has 0 aliphatic carbocycles. The highest BCUT2D eigenvalue weighted by molar-refractivity contribution is 6.08. The van der Waals surface area contributed by atoms with E-state index in [1.165, 1.54) is 0 Å². The fourth-order valence-corrected chi connectivity index (χ4v) is 4.19. The minimum Gasteiger partial charge on any atom is -0.443 e. The number of likely N-dealkylation sites (N-methyl/N-ethyl adjacent to an activating group) is 1. The van der Waals surface area contributed by atoms with Gasteiger partial charge in [0.15, 0.2) is 0 Å². The van der Waals surface area contributed by atoms with Crippen LogP contribution in [0.4, 0.5) is 5.69 Å². The molecule has 0 saturated heterocycles. The van der Waals surface area contributed by atoms with Crippen molar-refractivity contribution in [2.45, 2.75) is 31.5 Å². The lowest BCUT2D eigenvalue weighted by Gasteiger charge is -2.35. The summed E-state index contributed by atoms with van der Waals surface area (Å²) in [6, 6.07) is 17.5. The molecule has 2 aliphatic rings. The molecule has 0 radical (unpaired) electrons. The van der Waals surface area contributed by atoms with Crippen molar-refractivity contribution in [3.8, 4) is 0 Å². The summed E-state index contributed by atoms with van der Waals surface area (Å²) >= 11 is 0. The van der Waals surface area contributed by atoms with Crippen LogP contribution < -0.4 is 4.90 Å². The van der Waals surface area contributed by atoms with Gasteiger partial charge >= 0.3 is 5.97 Å². The minimum atomic E-state index is -1.32. The standard InChI is InChI=1S/C24H25NO4/c1-25-21-13-7-6-12-20(21)24(23(25)27)19(11-5-8-14-22(26)29-24)15-16-28-17-18-9-3-2-4-10-18/h2-7,9-13,19H,8,14-17H2,1H3/b11-5-/t19-,24-/m1/s1. The number of anilines is 1. The fourth-order valence-electron chi connectivity index (χ4n) is 4.19. The number of ether oxygens (including phenoxy) is 2. The number of amides is 1. The minimum absolute atomic E-state index is 0.202. The van der Waals surface area contributed by atoms with Crippen LogP contribution in [0.15, 0.2) is 66.7 Å². The first kappa shape index (κ1) is 19.4. The highest BCUT2D eigenvalue weighted by Gasteiger charge is 2.57. The normalized spacial score (nSPS) is 24.7. The van der Waals surface area contributed by atoms with Crippen LogP contribution in [0.2, 0.25) is 0 Å². The van der Waals surface area contributed by atoms with Gasteiger partial charge in [0.2, 0.25) is 5.60 Å². The second kappa shape index (κ2) is 8.21. The van der Waals surface area contributed by atoms with Crippen molar-refractivity contribution in [1.82, 2.24) is 0 Å². The SMILES string of the molecule is CN1C(=O)[C@]2(OC(=O)CC/C=C\[C@@H]2CCOCc2ccccc2)c2ccccc21. The van der Waals surface area contributed by atoms with Crippen molar-refractivity contribution >= 4 is 17.6 Å². The Kier molecular flexibility index (Phi) is 5.49. The largest absolute Gasteiger partial charge is 0.443 e. The molecule has 2 aliphatic heterocycles. The first-order valence-electron chi connectivity index (χ1n) is 10.0. The molecule has 150 valence electrons. The number of allylic oxidation sites excluding steroid dienone is 1. The van der Waals surface area contributed by atoms with Crippen LogP contribution in [-0.4, -0.2) is 25.5 Å². The topological polar surface area (TPSA) is 55.8 Å². The van der Waals surface area contributed by atoms with Crippen LogP contribution in [0.1, 0.15) is 30.4 Å². The summed E-state index contributed by atoms with van der Waals surface area (Å²) in [6.45, 7) is 0.969. The van der Waals surface area contributed by atoms with Crippen molar-refractivity contribution in [3.05, 3.63) is 77.9 Å². The Bertz CT molecular complexity index is 923. The molecule has 2 aromatic rings. The van der Waals surface area contributed by atoms with E-state index in [-0.39, 0.29) is 24.2 Å². The van der Waals surface area contributed by atoms with Gasteiger partial charge in [0.05, 0.1) is 12.3 Å². The van der Waals surface area contributed by atoms with Crippen molar-refractivity contribution in [2.75, 3.05) is 18.6 Å². The smallest absolute Gasteiger partial charge is 0.307 e. The van der Waals surface area contributed by atoms with Gasteiger partial charge in [0, 0.05) is 31.6 Å². The molecule has 0 aromatic heterocycles. The van der Waals surface area contributed by atoms with Gasteiger partial charge in [0.25, 0.3) is 5.91 Å². The fraction of sp³-hybridized carbons (Fsp3) is 0.333. The number of benzene rings is 2. The second-order valence-corrected chi connectivity index (χ2v) is 7.49. The third kappa shape index (κ3) is 3.58. The van der Waals surface area contributed by atoms with E-state index in [4.69, 9.17) is 9.47 Å². The van der Waals surface area contributed by atoms with Gasteiger partial charge in [-0.2, -0.15) is 0 Å². The molecule has 2 atom stereocenters. The lowest BCUT2D eigenvalue weighted by atomic mass is 9.79. The monoisotopic (exact) mass is 391 g/mol. The van der Waals surface area contributed by atoms with E-state index < -0.39 is 5.60 Å². The molecular formula is C24H25NO4. The zero-order valence-corrected chi connectivity index (χ0v) is 16.5. The van der Waals surface area contributed by atoms with Crippen LogP contribution in [0, 0.1) is 5.92 Å². The summed E-state index contributed by atoms with van der Waals surface area (Å²) in [4.78, 5) is 27.4. The Morgan fingerprint density at radius 3 is 2.69 bits per heavy atom. The highest BCUT2D eigenvalue weighted by atomic mass is 16.6. The molecule has 29 heavy (non-hydrogen) atoms. The average molecular weight is 391 g/mol. The molecule has 0 N–H and O–H groups in total. The summed E-state index contributed by atoms with van der Waals surface area (Å²) in [5.74, 6) is -0.837. The molecule has 5 nitrogen and oxygen atoms in total. The summed E-state index contributed by atoms with van der Waals surface area (Å²) in [7, 11) is 1.73. The number of esters is 1. The summed E-state index contributed by atoms with van der Waals surface area (Å²) in [5.41, 5.74) is 1.31. The van der Waals surface area contributed by atoms with Crippen LogP contribution in [-0.2, 0) is 31.3 Å². The van der Waals surface area contributed by atoms with Gasteiger partial charge in [-0.05, 0) is 24.5 Å². The van der Waals surface area contributed by atoms with Crippen LogP contribution >= 0.6 is 0 Å². The van der Waals surface area contributed by atoms with Crippen molar-refractivity contribution < 1.29 is 19.1 Å². The molecule has 1 amide bonds. The molecule has 2 heterocycles. The van der Waals surface area contributed by atoms with Gasteiger partial charge < -0.3 is 14.4 Å². The first-order chi connectivity index (χ1) is 14.1. The number of hydrogen-bond donors (Lipinski definition) is 0. The Balaban J connectivity index is 1.60. The molecule has 0 bridgehead atoms. The summed E-state index contributed by atoms with van der Waals surface area (Å²) in [5, 5.41) is 0. The predicted octanol–water partition coefficient (Wildman–Crippen LogP) is 3.97. The first-order valence-corrected chi connectivity index (χ1v) is 10.0. The molecule has 1 spiro atoms. The molecule has 4 rings (SSSR count). The van der Waals surface area contributed by atoms with E-state index in [9.17, 15) is 9.59 Å². The number of hydrogen-bond acceptors (Lipinski definition) is 4. The number of carbonyl (C=O) groups excluding carboxylic acids is 2. The zero-order valence-electron chi connectivity index (χ0n) is 16.5. The van der Waals surface area contributed by atoms with Crippen LogP contribution in [0.25, 0.3) is 0 Å². The third-order valence-corrected chi connectivity index (χ3v) is 5.65. The van der Waals surface area contributed by atoms with E-state index in [1.54, 1.807) is 11.9 Å². The Morgan fingerprint density at radius 1 is 1.10 bits per heavy atom. The number of nitrogens with zero attached hydrogens (tertiary/aromatic N) is 1. The predicted molar refractivity (Wildman–Crippen MR) is 110 cm³/mol. The van der Waals surface area contributed by atoms with Gasteiger partial charge in [-0.3, -0.25) is 9.59 Å².